The molecular weight excluding hydrogens is 245 g/mol. The molecule has 96 valence electrons. The number of carbonyl (C=O) groups excluding carboxylic acids is 1. The van der Waals surface area contributed by atoms with E-state index in [9.17, 15) is 9.18 Å². The molecule has 5 heteroatoms. The van der Waals surface area contributed by atoms with Gasteiger partial charge in [0.1, 0.15) is 11.6 Å². The molecule has 2 N–H and O–H groups in total. The Hall–Kier alpha value is -2.43. The molecule has 1 aromatic carbocycles. The maximum Gasteiger partial charge on any atom is 0.256 e. The highest BCUT2D eigenvalue weighted by molar-refractivity contribution is 6.04. The lowest BCUT2D eigenvalue weighted by Gasteiger charge is -2.06. The molecule has 2 aromatic rings. The molecule has 0 saturated heterocycles. The standard InChI is InChI=1S/C14H12FN3O/c15-11-2-4-13(17-8-11)18-14(19)10-1-3-12-9(7-10)5-6-16-12/h1-4,7-8,16H,5-6H2,(H,17,18,19). The highest BCUT2D eigenvalue weighted by atomic mass is 19.1. The zero-order chi connectivity index (χ0) is 13.2. The molecule has 4 nitrogen and oxygen atoms in total. The lowest BCUT2D eigenvalue weighted by Crippen LogP contribution is -2.13. The summed E-state index contributed by atoms with van der Waals surface area (Å²) in [5.74, 6) is -0.333. The van der Waals surface area contributed by atoms with Crippen LogP contribution in [0, 0.1) is 5.82 Å². The summed E-state index contributed by atoms with van der Waals surface area (Å²) in [5.41, 5.74) is 2.80. The van der Waals surface area contributed by atoms with Gasteiger partial charge in [0.25, 0.3) is 5.91 Å². The van der Waals surface area contributed by atoms with Gasteiger partial charge in [0.15, 0.2) is 0 Å². The zero-order valence-corrected chi connectivity index (χ0v) is 10.1. The van der Waals surface area contributed by atoms with Crippen molar-refractivity contribution < 1.29 is 9.18 Å². The maximum atomic E-state index is 12.7. The van der Waals surface area contributed by atoms with Crippen molar-refractivity contribution in [3.8, 4) is 0 Å². The molecule has 1 aliphatic rings. The number of benzene rings is 1. The third-order valence-corrected chi connectivity index (χ3v) is 3.05. The Morgan fingerprint density at radius 3 is 3.00 bits per heavy atom. The number of carbonyl (C=O) groups is 1. The SMILES string of the molecule is O=C(Nc1ccc(F)cn1)c1ccc2c(c1)CCN2. The monoisotopic (exact) mass is 257 g/mol. The molecule has 0 fully saturated rings. The van der Waals surface area contributed by atoms with Crippen molar-refractivity contribution in [3.05, 3.63) is 53.5 Å². The molecule has 2 heterocycles. The lowest BCUT2D eigenvalue weighted by molar-refractivity contribution is 0.102. The van der Waals surface area contributed by atoms with E-state index in [0.29, 0.717) is 11.4 Å². The van der Waals surface area contributed by atoms with Crippen LogP contribution >= 0.6 is 0 Å². The molecule has 0 spiro atoms. The topological polar surface area (TPSA) is 54.0 Å². The van der Waals surface area contributed by atoms with Gasteiger partial charge < -0.3 is 10.6 Å². The molecule has 0 saturated carbocycles. The third-order valence-electron chi connectivity index (χ3n) is 3.05. The fourth-order valence-corrected chi connectivity index (χ4v) is 2.08. The Morgan fingerprint density at radius 1 is 1.32 bits per heavy atom. The van der Waals surface area contributed by atoms with Gasteiger partial charge >= 0.3 is 0 Å². The summed E-state index contributed by atoms with van der Waals surface area (Å²) >= 11 is 0. The highest BCUT2D eigenvalue weighted by Crippen LogP contribution is 2.23. The van der Waals surface area contributed by atoms with Crippen molar-refractivity contribution in [2.45, 2.75) is 6.42 Å². The summed E-state index contributed by atoms with van der Waals surface area (Å²) in [6.45, 7) is 0.903. The number of halogens is 1. The number of nitrogens with zero attached hydrogens (tertiary/aromatic N) is 1. The fraction of sp³-hybridized carbons (Fsp3) is 0.143. The van der Waals surface area contributed by atoms with Crippen LogP contribution in [0.3, 0.4) is 0 Å². The van der Waals surface area contributed by atoms with E-state index in [2.05, 4.69) is 15.6 Å². The van der Waals surface area contributed by atoms with Crippen molar-refractivity contribution in [2.24, 2.45) is 0 Å². The van der Waals surface area contributed by atoms with Crippen LogP contribution in [0.1, 0.15) is 15.9 Å². The normalized spacial score (nSPS) is 12.7. The smallest absolute Gasteiger partial charge is 0.256 e. The summed E-state index contributed by atoms with van der Waals surface area (Å²) in [4.78, 5) is 15.8. The largest absolute Gasteiger partial charge is 0.384 e. The third kappa shape index (κ3) is 2.40. The number of rotatable bonds is 2. The molecule has 0 unspecified atom stereocenters. The summed E-state index contributed by atoms with van der Waals surface area (Å²) in [7, 11) is 0. The second kappa shape index (κ2) is 4.68. The van der Waals surface area contributed by atoms with Gasteiger partial charge in [-0.25, -0.2) is 9.37 Å². The van der Waals surface area contributed by atoms with Gasteiger partial charge in [-0.15, -0.1) is 0 Å². The van der Waals surface area contributed by atoms with E-state index in [1.165, 1.54) is 12.1 Å². The molecule has 1 aromatic heterocycles. The van der Waals surface area contributed by atoms with Crippen LogP contribution in [-0.4, -0.2) is 17.4 Å². The molecule has 19 heavy (non-hydrogen) atoms. The number of nitrogens with one attached hydrogen (secondary N) is 2. The van der Waals surface area contributed by atoms with Crippen LogP contribution in [0.25, 0.3) is 0 Å². The first-order chi connectivity index (χ1) is 9.22. The molecule has 3 rings (SSSR count). The molecule has 0 atom stereocenters. The minimum atomic E-state index is -0.429. The van der Waals surface area contributed by atoms with Gasteiger partial charge in [0.2, 0.25) is 0 Å². The number of anilines is 2. The quantitative estimate of drug-likeness (QED) is 0.868. The van der Waals surface area contributed by atoms with E-state index in [0.717, 1.165) is 30.4 Å². The number of hydrogen-bond acceptors (Lipinski definition) is 3. The van der Waals surface area contributed by atoms with Gasteiger partial charge in [-0.1, -0.05) is 0 Å². The van der Waals surface area contributed by atoms with E-state index < -0.39 is 5.82 Å². The van der Waals surface area contributed by atoms with E-state index in [4.69, 9.17) is 0 Å². The Bertz CT molecular complexity index is 625. The summed E-state index contributed by atoms with van der Waals surface area (Å²) in [6, 6.07) is 8.22. The van der Waals surface area contributed by atoms with Crippen molar-refractivity contribution in [1.29, 1.82) is 0 Å². The van der Waals surface area contributed by atoms with Crippen LogP contribution in [0.4, 0.5) is 15.9 Å². The molecular formula is C14H12FN3O. The van der Waals surface area contributed by atoms with Crippen LogP contribution in [-0.2, 0) is 6.42 Å². The predicted octanol–water partition coefficient (Wildman–Crippen LogP) is 2.44. The number of amides is 1. The zero-order valence-electron chi connectivity index (χ0n) is 10.1. The van der Waals surface area contributed by atoms with Gasteiger partial charge in [-0.05, 0) is 42.3 Å². The number of fused-ring (bicyclic) bond motifs is 1. The first-order valence-corrected chi connectivity index (χ1v) is 6.02. The second-order valence-corrected chi connectivity index (χ2v) is 4.36. The minimum Gasteiger partial charge on any atom is -0.384 e. The van der Waals surface area contributed by atoms with Crippen LogP contribution in [0.15, 0.2) is 36.5 Å². The Balaban J connectivity index is 1.78. The van der Waals surface area contributed by atoms with Gasteiger partial charge in [-0.2, -0.15) is 0 Å². The number of hydrogen-bond donors (Lipinski definition) is 2. The second-order valence-electron chi connectivity index (χ2n) is 4.36. The van der Waals surface area contributed by atoms with E-state index >= 15 is 0 Å². The van der Waals surface area contributed by atoms with E-state index in [1.54, 1.807) is 6.07 Å². The minimum absolute atomic E-state index is 0.242. The maximum absolute atomic E-state index is 12.7. The highest BCUT2D eigenvalue weighted by Gasteiger charge is 2.13. The van der Waals surface area contributed by atoms with Crippen molar-refractivity contribution in [3.63, 3.8) is 0 Å². The Kier molecular flexibility index (Phi) is 2.87. The predicted molar refractivity (Wildman–Crippen MR) is 70.8 cm³/mol. The van der Waals surface area contributed by atoms with Crippen molar-refractivity contribution in [2.75, 3.05) is 17.2 Å². The number of pyridine rings is 1. The van der Waals surface area contributed by atoms with Crippen molar-refractivity contribution >= 4 is 17.4 Å². The molecule has 1 aliphatic heterocycles. The average Bonchev–Trinajstić information content (AvgIpc) is 2.88. The molecule has 0 radical (unpaired) electrons. The van der Waals surface area contributed by atoms with E-state index in [1.807, 2.05) is 12.1 Å². The summed E-state index contributed by atoms with van der Waals surface area (Å²) < 4.78 is 12.7. The van der Waals surface area contributed by atoms with Crippen LogP contribution < -0.4 is 10.6 Å². The van der Waals surface area contributed by atoms with Gasteiger partial charge in [-0.3, -0.25) is 4.79 Å². The van der Waals surface area contributed by atoms with Gasteiger partial charge in [0, 0.05) is 17.8 Å². The van der Waals surface area contributed by atoms with Crippen LogP contribution in [0.5, 0.6) is 0 Å². The first-order valence-electron chi connectivity index (χ1n) is 6.02. The Morgan fingerprint density at radius 2 is 2.21 bits per heavy atom. The average molecular weight is 257 g/mol. The molecule has 0 bridgehead atoms. The summed E-state index contributed by atoms with van der Waals surface area (Å²) in [5, 5.41) is 5.88. The van der Waals surface area contributed by atoms with Gasteiger partial charge in [0.05, 0.1) is 6.20 Å². The Labute approximate surface area is 109 Å². The lowest BCUT2D eigenvalue weighted by atomic mass is 10.1. The molecule has 1 amide bonds. The van der Waals surface area contributed by atoms with Crippen molar-refractivity contribution in [1.82, 2.24) is 4.98 Å². The molecule has 0 aliphatic carbocycles. The number of aromatic nitrogens is 1. The van der Waals surface area contributed by atoms with Crippen LogP contribution in [0.2, 0.25) is 0 Å². The summed E-state index contributed by atoms with van der Waals surface area (Å²) in [6.07, 6.45) is 1.99. The fourth-order valence-electron chi connectivity index (χ4n) is 2.08. The van der Waals surface area contributed by atoms with E-state index in [-0.39, 0.29) is 5.91 Å². The first kappa shape index (κ1) is 11.6.